The molecule has 108 valence electrons. The molecule has 6 heteroatoms. The van der Waals surface area contributed by atoms with Crippen LogP contribution in [0, 0.1) is 6.92 Å². The van der Waals surface area contributed by atoms with Gasteiger partial charge in [0.15, 0.2) is 0 Å². The molecule has 5 nitrogen and oxygen atoms in total. The molecule has 1 aliphatic rings. The molecule has 0 saturated heterocycles. The predicted molar refractivity (Wildman–Crippen MR) is 87.6 cm³/mol. The third kappa shape index (κ3) is 2.17. The number of aryl methyl sites for hydroxylation is 1. The van der Waals surface area contributed by atoms with Gasteiger partial charge in [0.05, 0.1) is 16.8 Å². The van der Waals surface area contributed by atoms with E-state index in [9.17, 15) is 4.79 Å². The lowest BCUT2D eigenvalue weighted by Gasteiger charge is -2.28. The number of aromatic nitrogens is 1. The van der Waals surface area contributed by atoms with Crippen LogP contribution in [0.15, 0.2) is 36.3 Å². The Balaban J connectivity index is 2.15. The van der Waals surface area contributed by atoms with Crippen LogP contribution in [0.25, 0.3) is 10.2 Å². The molecule has 3 rings (SSSR count). The zero-order valence-electron chi connectivity index (χ0n) is 11.9. The van der Waals surface area contributed by atoms with Crippen LogP contribution in [0.1, 0.15) is 18.2 Å². The SMILES string of the molecule is CC/C=C\C=C(/N)N1C(=O)Nc2c(C)sc3nccc1c23. The van der Waals surface area contributed by atoms with Crippen molar-refractivity contribution < 1.29 is 4.79 Å². The van der Waals surface area contributed by atoms with Crippen molar-refractivity contribution in [3.8, 4) is 0 Å². The highest BCUT2D eigenvalue weighted by Gasteiger charge is 2.29. The van der Waals surface area contributed by atoms with Crippen LogP contribution in [-0.2, 0) is 0 Å². The van der Waals surface area contributed by atoms with E-state index in [4.69, 9.17) is 5.73 Å². The Kier molecular flexibility index (Phi) is 3.39. The average molecular weight is 300 g/mol. The molecule has 1 aliphatic heterocycles. The summed E-state index contributed by atoms with van der Waals surface area (Å²) in [5.74, 6) is 0.388. The van der Waals surface area contributed by atoms with E-state index in [1.807, 2.05) is 32.1 Å². The molecule has 3 heterocycles. The quantitative estimate of drug-likeness (QED) is 0.849. The zero-order valence-corrected chi connectivity index (χ0v) is 12.7. The number of hydrogen-bond donors (Lipinski definition) is 2. The van der Waals surface area contributed by atoms with Gasteiger partial charge in [-0.25, -0.2) is 14.7 Å². The minimum atomic E-state index is -0.241. The van der Waals surface area contributed by atoms with Gasteiger partial charge in [-0.1, -0.05) is 19.1 Å². The van der Waals surface area contributed by atoms with Gasteiger partial charge in [-0.05, 0) is 25.5 Å². The second kappa shape index (κ2) is 5.21. The standard InChI is InChI=1S/C15H16N4OS/c1-3-4-5-6-11(16)19-10-7-8-17-14-12(10)13(9(2)21-14)18-15(19)20/h4-8H,3,16H2,1-2H3,(H,18,20)/b5-4-,11-6+. The van der Waals surface area contributed by atoms with Gasteiger partial charge in [-0.3, -0.25) is 0 Å². The lowest BCUT2D eigenvalue weighted by atomic mass is 10.2. The van der Waals surface area contributed by atoms with Gasteiger partial charge in [-0.2, -0.15) is 0 Å². The van der Waals surface area contributed by atoms with Crippen molar-refractivity contribution in [3.05, 3.63) is 41.2 Å². The molecule has 0 aliphatic carbocycles. The van der Waals surface area contributed by atoms with Gasteiger partial charge >= 0.3 is 6.03 Å². The van der Waals surface area contributed by atoms with E-state index in [2.05, 4.69) is 10.3 Å². The fraction of sp³-hybridized carbons (Fsp3) is 0.200. The van der Waals surface area contributed by atoms with Crippen molar-refractivity contribution >= 4 is 39.0 Å². The van der Waals surface area contributed by atoms with E-state index < -0.39 is 0 Å². The Labute approximate surface area is 126 Å². The molecule has 0 unspecified atom stereocenters. The van der Waals surface area contributed by atoms with Crippen molar-refractivity contribution in [1.82, 2.24) is 4.98 Å². The first-order valence-corrected chi connectivity index (χ1v) is 7.56. The number of nitrogens with two attached hydrogens (primary N) is 1. The summed E-state index contributed by atoms with van der Waals surface area (Å²) in [6.07, 6.45) is 8.20. The number of anilines is 2. The Morgan fingerprint density at radius 1 is 1.57 bits per heavy atom. The number of amides is 2. The predicted octanol–water partition coefficient (Wildman–Crippen LogP) is 3.72. The summed E-state index contributed by atoms with van der Waals surface area (Å²) in [5.41, 5.74) is 7.70. The monoisotopic (exact) mass is 300 g/mol. The molecule has 21 heavy (non-hydrogen) atoms. The summed E-state index contributed by atoms with van der Waals surface area (Å²) in [4.78, 5) is 20.2. The molecule has 3 N–H and O–H groups in total. The van der Waals surface area contributed by atoms with Crippen molar-refractivity contribution in [2.75, 3.05) is 10.2 Å². The normalized spacial score (nSPS) is 15.0. The highest BCUT2D eigenvalue weighted by molar-refractivity contribution is 7.19. The Bertz CT molecular complexity index is 775. The summed E-state index contributed by atoms with van der Waals surface area (Å²) in [7, 11) is 0. The maximum Gasteiger partial charge on any atom is 0.332 e. The van der Waals surface area contributed by atoms with Crippen LogP contribution in [0.3, 0.4) is 0 Å². The number of pyridine rings is 1. The van der Waals surface area contributed by atoms with E-state index in [0.29, 0.717) is 5.82 Å². The third-order valence-corrected chi connectivity index (χ3v) is 4.33. The number of urea groups is 1. The Morgan fingerprint density at radius 3 is 3.14 bits per heavy atom. The average Bonchev–Trinajstić information content (AvgIpc) is 2.77. The molecule has 0 aromatic carbocycles. The number of carbonyl (C=O) groups excluding carboxylic acids is 1. The molecule has 0 saturated carbocycles. The van der Waals surface area contributed by atoms with Crippen LogP contribution in [-0.4, -0.2) is 11.0 Å². The van der Waals surface area contributed by atoms with Gasteiger partial charge < -0.3 is 11.1 Å². The third-order valence-electron chi connectivity index (χ3n) is 3.32. The second-order valence-corrected chi connectivity index (χ2v) is 5.94. The molecular weight excluding hydrogens is 284 g/mol. The number of thiophene rings is 1. The lowest BCUT2D eigenvalue weighted by Crippen LogP contribution is -2.39. The van der Waals surface area contributed by atoms with Gasteiger partial charge in [0.25, 0.3) is 0 Å². The maximum atomic E-state index is 12.4. The second-order valence-electron chi connectivity index (χ2n) is 4.74. The highest BCUT2D eigenvalue weighted by atomic mass is 32.1. The van der Waals surface area contributed by atoms with Crippen LogP contribution in [0.2, 0.25) is 0 Å². The maximum absolute atomic E-state index is 12.4. The fourth-order valence-corrected chi connectivity index (χ4v) is 3.33. The smallest absolute Gasteiger partial charge is 0.332 e. The lowest BCUT2D eigenvalue weighted by molar-refractivity contribution is 0.258. The molecule has 0 spiro atoms. The van der Waals surface area contributed by atoms with E-state index in [-0.39, 0.29) is 6.03 Å². The minimum Gasteiger partial charge on any atom is -0.385 e. The number of carbonyl (C=O) groups is 1. The number of hydrogen-bond acceptors (Lipinski definition) is 4. The molecule has 0 bridgehead atoms. The van der Waals surface area contributed by atoms with Gasteiger partial charge in [-0.15, -0.1) is 11.3 Å². The van der Waals surface area contributed by atoms with Crippen LogP contribution in [0.5, 0.6) is 0 Å². The number of nitrogens with one attached hydrogen (secondary N) is 1. The van der Waals surface area contributed by atoms with E-state index in [0.717, 1.165) is 32.9 Å². The van der Waals surface area contributed by atoms with Crippen molar-refractivity contribution in [1.29, 1.82) is 0 Å². The topological polar surface area (TPSA) is 71.2 Å². The Hall–Kier alpha value is -2.34. The van der Waals surface area contributed by atoms with E-state index in [1.54, 1.807) is 23.6 Å². The number of nitrogens with zero attached hydrogens (tertiary/aromatic N) is 2. The Morgan fingerprint density at radius 2 is 2.38 bits per heavy atom. The first kappa shape index (κ1) is 13.6. The summed E-state index contributed by atoms with van der Waals surface area (Å²) >= 11 is 1.57. The number of allylic oxidation sites excluding steroid dienone is 3. The van der Waals surface area contributed by atoms with Gasteiger partial charge in [0.2, 0.25) is 0 Å². The molecule has 0 radical (unpaired) electrons. The van der Waals surface area contributed by atoms with Crippen molar-refractivity contribution in [3.63, 3.8) is 0 Å². The van der Waals surface area contributed by atoms with E-state index in [1.165, 1.54) is 4.90 Å². The molecule has 0 fully saturated rings. The first-order valence-electron chi connectivity index (χ1n) is 6.75. The van der Waals surface area contributed by atoms with Crippen LogP contribution < -0.4 is 16.0 Å². The largest absolute Gasteiger partial charge is 0.385 e. The minimum absolute atomic E-state index is 0.241. The number of rotatable bonds is 3. The summed E-state index contributed by atoms with van der Waals surface area (Å²) in [6.45, 7) is 4.02. The van der Waals surface area contributed by atoms with Crippen LogP contribution >= 0.6 is 11.3 Å². The van der Waals surface area contributed by atoms with Crippen molar-refractivity contribution in [2.45, 2.75) is 20.3 Å². The molecule has 2 aromatic rings. The fourth-order valence-electron chi connectivity index (χ4n) is 2.36. The molecule has 2 aromatic heterocycles. The van der Waals surface area contributed by atoms with Gasteiger partial charge in [0, 0.05) is 11.1 Å². The van der Waals surface area contributed by atoms with E-state index >= 15 is 0 Å². The van der Waals surface area contributed by atoms with Gasteiger partial charge in [0.1, 0.15) is 10.7 Å². The highest BCUT2D eigenvalue weighted by Crippen LogP contribution is 2.43. The molecular formula is C15H16N4OS. The summed E-state index contributed by atoms with van der Waals surface area (Å²) < 4.78 is 0. The van der Waals surface area contributed by atoms with Crippen LogP contribution in [0.4, 0.5) is 16.2 Å². The summed E-state index contributed by atoms with van der Waals surface area (Å²) in [6, 6.07) is 1.58. The molecule has 0 atom stereocenters. The molecule has 2 amide bonds. The zero-order chi connectivity index (χ0) is 15.0. The van der Waals surface area contributed by atoms with Crippen molar-refractivity contribution in [2.24, 2.45) is 5.73 Å². The first-order chi connectivity index (χ1) is 10.1. The summed E-state index contributed by atoms with van der Waals surface area (Å²) in [5, 5.41) is 3.86.